The van der Waals surface area contributed by atoms with Gasteiger partial charge in [-0.1, -0.05) is 72.8 Å². The minimum Gasteiger partial charge on any atom is -0.307 e. The Labute approximate surface area is 193 Å². The molecule has 0 aliphatic carbocycles. The number of H-pyrrole nitrogens is 1. The number of hydrogen-bond acceptors (Lipinski definition) is 6. The first-order valence-corrected chi connectivity index (χ1v) is 12.0. The van der Waals surface area contributed by atoms with E-state index in [0.29, 0.717) is 17.6 Å². The predicted octanol–water partition coefficient (Wildman–Crippen LogP) is 5.88. The van der Waals surface area contributed by atoms with Crippen LogP contribution in [0.1, 0.15) is 25.6 Å². The first kappa shape index (κ1) is 21.1. The van der Waals surface area contributed by atoms with E-state index in [4.69, 9.17) is 9.97 Å². The predicted molar refractivity (Wildman–Crippen MR) is 134 cm³/mol. The highest BCUT2D eigenvalue weighted by atomic mass is 127. The molecule has 3 aromatic heterocycles. The molecule has 7 nitrogen and oxygen atoms in total. The van der Waals surface area contributed by atoms with Crippen LogP contribution in [0.2, 0.25) is 0 Å². The number of alkyl halides is 1. The monoisotopic (exact) mass is 523 g/mol. The van der Waals surface area contributed by atoms with Crippen molar-refractivity contribution in [1.29, 1.82) is 0 Å². The summed E-state index contributed by atoms with van der Waals surface area (Å²) >= 11 is 2.15. The maximum atomic E-state index is 4.79. The molecule has 5 aromatic rings. The molecule has 0 unspecified atom stereocenters. The van der Waals surface area contributed by atoms with Gasteiger partial charge in [0.05, 0.1) is 5.52 Å². The van der Waals surface area contributed by atoms with Crippen molar-refractivity contribution in [3.05, 3.63) is 66.6 Å². The molecule has 8 heteroatoms. The molecule has 0 aliphatic heterocycles. The molecule has 0 bridgehead atoms. The first-order chi connectivity index (χ1) is 15.2. The molecule has 3 heterocycles. The third kappa shape index (κ3) is 4.34. The molecule has 5 rings (SSSR count). The van der Waals surface area contributed by atoms with Crippen LogP contribution in [-0.4, -0.2) is 35.1 Å². The Balaban J connectivity index is 0.00000112. The second-order valence-corrected chi connectivity index (χ2v) is 7.12. The average Bonchev–Trinajstić information content (AvgIpc) is 3.29. The Morgan fingerprint density at radius 3 is 2.39 bits per heavy atom. The maximum Gasteiger partial charge on any atom is 0.247 e. The van der Waals surface area contributed by atoms with Gasteiger partial charge in [0.1, 0.15) is 17.3 Å². The van der Waals surface area contributed by atoms with Gasteiger partial charge < -0.3 is 5.32 Å². The number of halogens is 1. The molecule has 0 saturated heterocycles. The minimum absolute atomic E-state index is 0.260. The number of nitrogens with one attached hydrogen (secondary N) is 2. The largest absolute Gasteiger partial charge is 0.307 e. The van der Waals surface area contributed by atoms with Gasteiger partial charge >= 0.3 is 0 Å². The third-order valence-corrected chi connectivity index (χ3v) is 4.77. The van der Waals surface area contributed by atoms with Gasteiger partial charge in [-0.25, -0.2) is 9.97 Å². The summed E-state index contributed by atoms with van der Waals surface area (Å²) in [6, 6.07) is 18.0. The van der Waals surface area contributed by atoms with E-state index in [1.807, 2.05) is 53.5 Å². The van der Waals surface area contributed by atoms with Crippen molar-refractivity contribution in [3.8, 4) is 11.5 Å². The quantitative estimate of drug-likeness (QED) is 0.226. The highest BCUT2D eigenvalue weighted by molar-refractivity contribution is 14.1. The number of para-hydroxylation sites is 1. The topological polar surface area (TPSA) is 92.3 Å². The van der Waals surface area contributed by atoms with Gasteiger partial charge in [-0.3, -0.25) is 10.1 Å². The number of nitrogens with zero attached hydrogens (tertiary/aromatic N) is 5. The molecule has 2 N–H and O–H groups in total. The SMILES string of the molecule is CC(C)c1nc(Nc2nc(-c3nccc4ccccc34)nc3ccccc23)n[nH]1.CI. The lowest BCUT2D eigenvalue weighted by Crippen LogP contribution is -2.01. The number of aromatic nitrogens is 6. The minimum atomic E-state index is 0.260. The third-order valence-electron chi connectivity index (χ3n) is 4.77. The van der Waals surface area contributed by atoms with Crippen molar-refractivity contribution in [2.45, 2.75) is 19.8 Å². The normalized spacial score (nSPS) is 10.9. The fourth-order valence-electron chi connectivity index (χ4n) is 3.27. The molecule has 0 saturated carbocycles. The number of fused-ring (bicyclic) bond motifs is 2. The summed E-state index contributed by atoms with van der Waals surface area (Å²) in [5, 5.41) is 13.5. The number of rotatable bonds is 4. The summed E-state index contributed by atoms with van der Waals surface area (Å²) in [6.07, 6.45) is 1.79. The van der Waals surface area contributed by atoms with Crippen LogP contribution in [0.25, 0.3) is 33.2 Å². The Bertz CT molecular complexity index is 1320. The smallest absolute Gasteiger partial charge is 0.247 e. The van der Waals surface area contributed by atoms with E-state index in [1.54, 1.807) is 6.20 Å². The number of anilines is 2. The second-order valence-electron chi connectivity index (χ2n) is 7.12. The molecular weight excluding hydrogens is 501 g/mol. The average molecular weight is 523 g/mol. The Kier molecular flexibility index (Phi) is 6.36. The first-order valence-electron chi connectivity index (χ1n) is 9.87. The van der Waals surface area contributed by atoms with Gasteiger partial charge in [0.15, 0.2) is 5.82 Å². The highest BCUT2D eigenvalue weighted by Gasteiger charge is 2.15. The molecule has 0 spiro atoms. The van der Waals surface area contributed by atoms with Gasteiger partial charge in [0.25, 0.3) is 0 Å². The fourth-order valence-corrected chi connectivity index (χ4v) is 3.27. The lowest BCUT2D eigenvalue weighted by molar-refractivity contribution is 0.781. The number of benzene rings is 2. The van der Waals surface area contributed by atoms with Crippen molar-refractivity contribution < 1.29 is 0 Å². The van der Waals surface area contributed by atoms with Crippen LogP contribution in [0.15, 0.2) is 60.8 Å². The van der Waals surface area contributed by atoms with E-state index in [-0.39, 0.29) is 5.92 Å². The summed E-state index contributed by atoms with van der Waals surface area (Å²) in [7, 11) is 0. The number of aromatic amines is 1. The van der Waals surface area contributed by atoms with Gasteiger partial charge in [-0.15, -0.1) is 5.10 Å². The molecular formula is C23H22IN7. The molecule has 0 aliphatic rings. The Hall–Kier alpha value is -3.14. The molecule has 0 radical (unpaired) electrons. The van der Waals surface area contributed by atoms with Gasteiger partial charge in [-0.05, 0) is 28.5 Å². The van der Waals surface area contributed by atoms with E-state index in [0.717, 1.165) is 33.2 Å². The van der Waals surface area contributed by atoms with Gasteiger partial charge in [0, 0.05) is 22.9 Å². The zero-order valence-corrected chi connectivity index (χ0v) is 19.6. The van der Waals surface area contributed by atoms with Crippen LogP contribution in [0.5, 0.6) is 0 Å². The van der Waals surface area contributed by atoms with E-state index in [1.165, 1.54) is 0 Å². The molecule has 2 aromatic carbocycles. The number of hydrogen-bond donors (Lipinski definition) is 2. The number of pyridine rings is 1. The van der Waals surface area contributed by atoms with Crippen LogP contribution in [0.4, 0.5) is 11.8 Å². The van der Waals surface area contributed by atoms with Crippen molar-refractivity contribution in [1.82, 2.24) is 30.1 Å². The lowest BCUT2D eigenvalue weighted by atomic mass is 10.1. The van der Waals surface area contributed by atoms with Crippen molar-refractivity contribution in [3.63, 3.8) is 0 Å². The fraction of sp³-hybridized carbons (Fsp3) is 0.174. The highest BCUT2D eigenvalue weighted by Crippen LogP contribution is 2.29. The van der Waals surface area contributed by atoms with Crippen LogP contribution in [0, 0.1) is 0 Å². The Morgan fingerprint density at radius 1 is 0.871 bits per heavy atom. The maximum absolute atomic E-state index is 4.79. The van der Waals surface area contributed by atoms with Crippen LogP contribution in [-0.2, 0) is 0 Å². The summed E-state index contributed by atoms with van der Waals surface area (Å²) in [5.41, 5.74) is 1.57. The van der Waals surface area contributed by atoms with Crippen molar-refractivity contribution in [2.24, 2.45) is 0 Å². The van der Waals surface area contributed by atoms with Crippen LogP contribution in [0.3, 0.4) is 0 Å². The van der Waals surface area contributed by atoms with Gasteiger partial charge in [-0.2, -0.15) is 4.98 Å². The van der Waals surface area contributed by atoms with E-state index in [9.17, 15) is 0 Å². The summed E-state index contributed by atoms with van der Waals surface area (Å²) in [6.45, 7) is 4.13. The van der Waals surface area contributed by atoms with E-state index >= 15 is 0 Å². The van der Waals surface area contributed by atoms with Crippen molar-refractivity contribution in [2.75, 3.05) is 10.2 Å². The van der Waals surface area contributed by atoms with Gasteiger partial charge in [0.2, 0.25) is 5.95 Å². The standard InChI is InChI=1S/C22H19N7.CH3I/c1-13(2)19-26-22(29-28-19)27-20-16-9-5-6-10-17(16)24-21(25-20)18-15-8-4-3-7-14(15)11-12-23-18;1-2/h3-13H,1-2H3,(H2,24,25,26,27,28,29);1H3. The van der Waals surface area contributed by atoms with Crippen LogP contribution >= 0.6 is 22.6 Å². The van der Waals surface area contributed by atoms with E-state index < -0.39 is 0 Å². The van der Waals surface area contributed by atoms with Crippen LogP contribution < -0.4 is 5.32 Å². The molecule has 0 atom stereocenters. The summed E-state index contributed by atoms with van der Waals surface area (Å²) < 4.78 is 0. The molecule has 31 heavy (non-hydrogen) atoms. The second kappa shape index (κ2) is 9.34. The van der Waals surface area contributed by atoms with E-state index in [2.05, 4.69) is 68.0 Å². The lowest BCUT2D eigenvalue weighted by Gasteiger charge is -2.10. The molecule has 0 amide bonds. The molecule has 0 fully saturated rings. The zero-order chi connectivity index (χ0) is 21.8. The van der Waals surface area contributed by atoms with Crippen molar-refractivity contribution >= 4 is 56.0 Å². The molecule has 156 valence electrons. The zero-order valence-electron chi connectivity index (χ0n) is 17.5. The summed E-state index contributed by atoms with van der Waals surface area (Å²) in [4.78, 5) is 20.6. The Morgan fingerprint density at radius 2 is 1.61 bits per heavy atom. The summed E-state index contributed by atoms with van der Waals surface area (Å²) in [5.74, 6) is 2.77.